The third kappa shape index (κ3) is 3.57. The standard InChI is InChI=1S/C21H22FN3O3/c22-15-5-1-2-6-16(15)23-19(26)21(9-10-21)20(27)24-17-7-3-4-8-18(17)25-11-13-28-14-12-25/h1-8H,9-14H2,(H,23,26)(H,24,27). The maximum atomic E-state index is 13.8. The van der Waals surface area contributed by atoms with Gasteiger partial charge in [-0.1, -0.05) is 24.3 Å². The van der Waals surface area contributed by atoms with Gasteiger partial charge in [0.1, 0.15) is 11.2 Å². The molecule has 146 valence electrons. The number of nitrogens with one attached hydrogen (secondary N) is 2. The molecule has 28 heavy (non-hydrogen) atoms. The first-order valence-electron chi connectivity index (χ1n) is 9.39. The lowest BCUT2D eigenvalue weighted by Gasteiger charge is -2.30. The highest BCUT2D eigenvalue weighted by molar-refractivity contribution is 6.17. The van der Waals surface area contributed by atoms with Crippen LogP contribution in [0.3, 0.4) is 0 Å². The summed E-state index contributed by atoms with van der Waals surface area (Å²) in [4.78, 5) is 27.8. The number of amides is 2. The summed E-state index contributed by atoms with van der Waals surface area (Å²) in [5.74, 6) is -1.36. The molecule has 2 amide bonds. The molecular weight excluding hydrogens is 361 g/mol. The van der Waals surface area contributed by atoms with Gasteiger partial charge in [0.2, 0.25) is 11.8 Å². The summed E-state index contributed by atoms with van der Waals surface area (Å²) in [6.07, 6.45) is 0.887. The summed E-state index contributed by atoms with van der Waals surface area (Å²) in [7, 11) is 0. The number of nitrogens with zero attached hydrogens (tertiary/aromatic N) is 1. The summed E-state index contributed by atoms with van der Waals surface area (Å²) in [5.41, 5.74) is 0.504. The van der Waals surface area contributed by atoms with Gasteiger partial charge < -0.3 is 20.3 Å². The first-order chi connectivity index (χ1) is 13.6. The maximum absolute atomic E-state index is 13.8. The Balaban J connectivity index is 1.49. The Morgan fingerprint density at radius 3 is 2.11 bits per heavy atom. The Morgan fingerprint density at radius 1 is 0.893 bits per heavy atom. The molecule has 0 radical (unpaired) electrons. The molecule has 4 rings (SSSR count). The average Bonchev–Trinajstić information content (AvgIpc) is 3.53. The molecule has 0 unspecified atom stereocenters. The van der Waals surface area contributed by atoms with Gasteiger partial charge in [-0.3, -0.25) is 9.59 Å². The fraction of sp³-hybridized carbons (Fsp3) is 0.333. The molecule has 1 saturated heterocycles. The van der Waals surface area contributed by atoms with Crippen LogP contribution < -0.4 is 15.5 Å². The van der Waals surface area contributed by atoms with E-state index in [1.54, 1.807) is 12.1 Å². The molecule has 0 spiro atoms. The minimum absolute atomic E-state index is 0.0836. The number of hydrogen-bond donors (Lipinski definition) is 2. The second kappa shape index (κ2) is 7.59. The van der Waals surface area contributed by atoms with Crippen LogP contribution >= 0.6 is 0 Å². The maximum Gasteiger partial charge on any atom is 0.240 e. The van der Waals surface area contributed by atoms with Crippen LogP contribution in [0.1, 0.15) is 12.8 Å². The van der Waals surface area contributed by atoms with E-state index < -0.39 is 17.1 Å². The van der Waals surface area contributed by atoms with Crippen molar-refractivity contribution >= 4 is 28.9 Å². The molecular formula is C21H22FN3O3. The molecule has 1 heterocycles. The van der Waals surface area contributed by atoms with Gasteiger partial charge in [0.15, 0.2) is 0 Å². The first kappa shape index (κ1) is 18.4. The Labute approximate surface area is 162 Å². The molecule has 0 atom stereocenters. The lowest BCUT2D eigenvalue weighted by Crippen LogP contribution is -2.38. The zero-order valence-electron chi connectivity index (χ0n) is 15.4. The van der Waals surface area contributed by atoms with Crippen molar-refractivity contribution in [1.29, 1.82) is 0 Å². The van der Waals surface area contributed by atoms with Crippen molar-refractivity contribution in [1.82, 2.24) is 0 Å². The van der Waals surface area contributed by atoms with Crippen LogP contribution in [-0.2, 0) is 14.3 Å². The van der Waals surface area contributed by atoms with Crippen molar-refractivity contribution in [3.63, 3.8) is 0 Å². The smallest absolute Gasteiger partial charge is 0.240 e. The van der Waals surface area contributed by atoms with E-state index in [1.165, 1.54) is 12.1 Å². The van der Waals surface area contributed by atoms with Crippen molar-refractivity contribution in [3.05, 3.63) is 54.3 Å². The summed E-state index contributed by atoms with van der Waals surface area (Å²) < 4.78 is 19.2. The van der Waals surface area contributed by atoms with Crippen molar-refractivity contribution in [2.24, 2.45) is 5.41 Å². The quantitative estimate of drug-likeness (QED) is 0.779. The summed E-state index contributed by atoms with van der Waals surface area (Å²) in [6.45, 7) is 2.76. The first-order valence-corrected chi connectivity index (χ1v) is 9.39. The number of morpholine rings is 1. The highest BCUT2D eigenvalue weighted by Crippen LogP contribution is 2.48. The van der Waals surface area contributed by atoms with Crippen LogP contribution in [0.2, 0.25) is 0 Å². The number of rotatable bonds is 5. The summed E-state index contributed by atoms with van der Waals surface area (Å²) >= 11 is 0. The lowest BCUT2D eigenvalue weighted by molar-refractivity contribution is -0.131. The molecule has 2 fully saturated rings. The van der Waals surface area contributed by atoms with Gasteiger partial charge in [0, 0.05) is 13.1 Å². The molecule has 0 bridgehead atoms. The lowest BCUT2D eigenvalue weighted by atomic mass is 10.0. The van der Waals surface area contributed by atoms with Gasteiger partial charge in [-0.2, -0.15) is 0 Å². The fourth-order valence-corrected chi connectivity index (χ4v) is 3.39. The van der Waals surface area contributed by atoms with Crippen LogP contribution in [0.25, 0.3) is 0 Å². The second-order valence-corrected chi connectivity index (χ2v) is 7.09. The Bertz CT molecular complexity index is 892. The highest BCUT2D eigenvalue weighted by atomic mass is 19.1. The van der Waals surface area contributed by atoms with Crippen molar-refractivity contribution in [3.8, 4) is 0 Å². The van der Waals surface area contributed by atoms with Gasteiger partial charge in [-0.15, -0.1) is 0 Å². The highest BCUT2D eigenvalue weighted by Gasteiger charge is 2.56. The number of halogens is 1. The SMILES string of the molecule is O=C(Nc1ccccc1F)C1(C(=O)Nc2ccccc2N2CCOCC2)CC1. The third-order valence-electron chi connectivity index (χ3n) is 5.25. The van der Waals surface area contributed by atoms with E-state index in [4.69, 9.17) is 4.74 Å². The van der Waals surface area contributed by atoms with Gasteiger partial charge >= 0.3 is 0 Å². The van der Waals surface area contributed by atoms with E-state index in [-0.39, 0.29) is 11.6 Å². The number of benzene rings is 2. The second-order valence-electron chi connectivity index (χ2n) is 7.09. The molecule has 2 aromatic carbocycles. The molecule has 6 nitrogen and oxygen atoms in total. The molecule has 2 N–H and O–H groups in total. The fourth-order valence-electron chi connectivity index (χ4n) is 3.39. The van der Waals surface area contributed by atoms with E-state index in [0.29, 0.717) is 31.7 Å². The van der Waals surface area contributed by atoms with E-state index in [1.807, 2.05) is 24.3 Å². The summed E-state index contributed by atoms with van der Waals surface area (Å²) in [6, 6.07) is 13.5. The third-order valence-corrected chi connectivity index (χ3v) is 5.25. The van der Waals surface area contributed by atoms with E-state index in [0.717, 1.165) is 18.8 Å². The molecule has 1 aliphatic carbocycles. The minimum atomic E-state index is -1.15. The normalized spacial score (nSPS) is 17.7. The van der Waals surface area contributed by atoms with Crippen LogP contribution in [0.4, 0.5) is 21.5 Å². The Kier molecular flexibility index (Phi) is 5.00. The molecule has 7 heteroatoms. The number of carbonyl (C=O) groups excluding carboxylic acids is 2. The van der Waals surface area contributed by atoms with Gasteiger partial charge in [-0.25, -0.2) is 4.39 Å². The van der Waals surface area contributed by atoms with Crippen LogP contribution in [0.5, 0.6) is 0 Å². The van der Waals surface area contributed by atoms with Crippen LogP contribution in [0, 0.1) is 11.2 Å². The van der Waals surface area contributed by atoms with Crippen LogP contribution in [-0.4, -0.2) is 38.1 Å². The molecule has 1 saturated carbocycles. The summed E-state index contributed by atoms with van der Waals surface area (Å²) in [5, 5.41) is 5.47. The average molecular weight is 383 g/mol. The molecule has 1 aliphatic heterocycles. The predicted octanol–water partition coefficient (Wildman–Crippen LogP) is 3.02. The number of anilines is 3. The van der Waals surface area contributed by atoms with Gasteiger partial charge in [-0.05, 0) is 37.1 Å². The number of ether oxygens (including phenoxy) is 1. The molecule has 0 aromatic heterocycles. The van der Waals surface area contributed by atoms with Crippen molar-refractivity contribution in [2.75, 3.05) is 41.8 Å². The molecule has 2 aliphatic rings. The predicted molar refractivity (Wildman–Crippen MR) is 105 cm³/mol. The van der Waals surface area contributed by atoms with Crippen molar-refractivity contribution < 1.29 is 18.7 Å². The topological polar surface area (TPSA) is 70.7 Å². The zero-order chi connectivity index (χ0) is 19.6. The van der Waals surface area contributed by atoms with Crippen molar-refractivity contribution in [2.45, 2.75) is 12.8 Å². The largest absolute Gasteiger partial charge is 0.378 e. The van der Waals surface area contributed by atoms with E-state index in [9.17, 15) is 14.0 Å². The number of carbonyl (C=O) groups is 2. The monoisotopic (exact) mass is 383 g/mol. The number of para-hydroxylation sites is 3. The van der Waals surface area contributed by atoms with Gasteiger partial charge in [0.25, 0.3) is 0 Å². The minimum Gasteiger partial charge on any atom is -0.378 e. The van der Waals surface area contributed by atoms with Gasteiger partial charge in [0.05, 0.1) is 30.3 Å². The zero-order valence-corrected chi connectivity index (χ0v) is 15.4. The number of hydrogen-bond acceptors (Lipinski definition) is 4. The van der Waals surface area contributed by atoms with Crippen LogP contribution in [0.15, 0.2) is 48.5 Å². The molecule has 2 aromatic rings. The Morgan fingerprint density at radius 2 is 1.46 bits per heavy atom. The Hall–Kier alpha value is -2.93. The van der Waals surface area contributed by atoms with E-state index in [2.05, 4.69) is 15.5 Å². The van der Waals surface area contributed by atoms with E-state index >= 15 is 0 Å².